The van der Waals surface area contributed by atoms with E-state index in [0.29, 0.717) is 73.5 Å². The van der Waals surface area contributed by atoms with E-state index in [0.717, 1.165) is 76.7 Å². The lowest BCUT2D eigenvalue weighted by Gasteiger charge is -2.56. The summed E-state index contributed by atoms with van der Waals surface area (Å²) in [6, 6.07) is 17.1. The Labute approximate surface area is 620 Å². The van der Waals surface area contributed by atoms with Crippen LogP contribution in [0.2, 0.25) is 0 Å². The quantitative estimate of drug-likeness (QED) is 0.0485. The molecule has 21 atom stereocenters. The van der Waals surface area contributed by atoms with Gasteiger partial charge in [0, 0.05) is 83.4 Å². The third-order valence-electron chi connectivity index (χ3n) is 27.0. The second-order valence-electron chi connectivity index (χ2n) is 32.6. The third-order valence-corrected chi connectivity index (χ3v) is 27.0. The Hall–Kier alpha value is -7.46. The Balaban J connectivity index is 0.936. The van der Waals surface area contributed by atoms with E-state index < -0.39 is 140 Å². The van der Waals surface area contributed by atoms with Gasteiger partial charge in [-0.1, -0.05) is 73.6 Å². The predicted molar refractivity (Wildman–Crippen MR) is 389 cm³/mol. The van der Waals surface area contributed by atoms with Crippen molar-refractivity contribution in [3.8, 4) is 23.3 Å². The number of ether oxygens (including phenoxy) is 5. The highest BCUT2D eigenvalue weighted by atomic mass is 16.7. The topological polar surface area (TPSA) is 384 Å². The van der Waals surface area contributed by atoms with Crippen LogP contribution in [0.5, 0.6) is 11.5 Å². The Morgan fingerprint density at radius 2 is 1.75 bits per heavy atom. The Morgan fingerprint density at radius 1 is 0.907 bits per heavy atom. The van der Waals surface area contributed by atoms with E-state index in [1.54, 1.807) is 12.1 Å². The third kappa shape index (κ3) is 11.2. The monoisotopic (exact) mass is 1460 g/mol. The van der Waals surface area contributed by atoms with E-state index >= 15 is 9.59 Å². The molecule has 6 aliphatic carbocycles. The van der Waals surface area contributed by atoms with Gasteiger partial charge in [0.2, 0.25) is 12.2 Å². The van der Waals surface area contributed by atoms with Crippen LogP contribution in [-0.4, -0.2) is 191 Å². The highest BCUT2D eigenvalue weighted by Crippen LogP contribution is 2.67. The number of carbonyl (C=O) groups is 4. The molecule has 4 saturated heterocycles. The molecule has 6 fully saturated rings. The molecule has 1 amide bonds. The number of anilines is 1. The van der Waals surface area contributed by atoms with E-state index in [9.17, 15) is 45.3 Å². The predicted octanol–water partition coefficient (Wildman–Crippen LogP) is 2.59. The van der Waals surface area contributed by atoms with Crippen LogP contribution in [0.25, 0.3) is 0 Å². The molecule has 17 N–H and O–H groups in total. The first-order valence-corrected chi connectivity index (χ1v) is 38.8. The Morgan fingerprint density at radius 3 is 2.56 bits per heavy atom. The molecule has 9 bridgehead atoms. The number of hydrogen-bond donors (Lipinski definition) is 15. The van der Waals surface area contributed by atoms with Gasteiger partial charge in [-0.2, -0.15) is 0 Å². The van der Waals surface area contributed by atoms with Gasteiger partial charge >= 0.3 is 0 Å². The number of rotatable bonds is 12. The fourth-order valence-corrected chi connectivity index (χ4v) is 22.3. The number of amides is 1. The van der Waals surface area contributed by atoms with Gasteiger partial charge in [0.05, 0.1) is 73.3 Å². The van der Waals surface area contributed by atoms with Gasteiger partial charge in [-0.05, 0) is 170 Å². The summed E-state index contributed by atoms with van der Waals surface area (Å²) in [7, 11) is 1.92. The minimum absolute atomic E-state index is 0.0372. The number of para-hydroxylation sites is 1. The molecule has 8 heterocycles. The molecule has 0 radical (unpaired) electrons. The maximum atomic E-state index is 16.0. The lowest BCUT2D eigenvalue weighted by Crippen LogP contribution is -2.73. The number of aliphatic hydroxyl groups is 7. The normalized spacial score (nSPS) is 36.5. The Kier molecular flexibility index (Phi) is 18.3. The second-order valence-corrected chi connectivity index (χ2v) is 32.6. The molecule has 4 aromatic rings. The molecule has 4 aromatic carbocycles. The summed E-state index contributed by atoms with van der Waals surface area (Å²) in [6.45, 7) is -1.07. The molecule has 25 nitrogen and oxygen atoms in total. The number of dihydropyridines is 1. The number of aliphatic hydroxyl groups excluding tert-OH is 6. The fourth-order valence-electron chi connectivity index (χ4n) is 22.3. The van der Waals surface area contributed by atoms with Gasteiger partial charge in [0.15, 0.2) is 28.7 Å². The average Bonchev–Trinajstić information content (AvgIpc) is 1.17. The van der Waals surface area contributed by atoms with Crippen LogP contribution in [0, 0.1) is 40.9 Å². The summed E-state index contributed by atoms with van der Waals surface area (Å²) in [5.74, 6) is 1.51. The standard InChI is InChI=1S/C82H97N9O16/c1-85-33-45-28-40-27-42-17-23-82(102)73(100)71(104-37-81-55-18-24-86-74(83)63(55)65-61-43(31-41-7-6-9-56(41)88-65)12-15-50(64(61)81)60(45)51(30-40)48(20-26-93)72(81)99)77-106-69-54(32-53-62(70(69)103-36-46(95)19-25-92)68(98)52-29-39(34-94)11-14-47(52)67(53)97)59(44(13-16-58(42)96)35-105-80(78(82)107-77)21-4-5-22-80)49-8-2-3-10-57(49)91-38-87-66-75(91)89-79(84)90-76(66)101/h2-3,8,10-11,14,18,25,28-30,32,41-44,46,48,50,56,58-59,65-66,71-73,75,77-79,85-89,93-96,99-100,102H,4-7,9,12-13,15-16,19-22,24,26-27,31,33-38,83-84H2,1H3,(H,90,101)/t41-,42+,43-,44-,46+,48-,50+,56+,58+,59+,65-,66+,71-,72+,73-,75+,77-,78-,79-,81+,82+/m0/s1. The Bertz CT molecular complexity index is 4470. The van der Waals surface area contributed by atoms with Gasteiger partial charge in [0.1, 0.15) is 55.5 Å². The van der Waals surface area contributed by atoms with E-state index in [1.165, 1.54) is 12.1 Å². The first-order valence-electron chi connectivity index (χ1n) is 38.8. The number of carbonyl (C=O) groups excluding carboxylic acids is 4. The average molecular weight is 1460 g/mol. The number of nitrogens with zero attached hydrogens (tertiary/aromatic N) is 1. The van der Waals surface area contributed by atoms with Gasteiger partial charge in [0.25, 0.3) is 0 Å². The van der Waals surface area contributed by atoms with Gasteiger partial charge in [-0.3, -0.25) is 30.8 Å². The lowest BCUT2D eigenvalue weighted by molar-refractivity contribution is -0.337. The highest BCUT2D eigenvalue weighted by Gasteiger charge is 2.67. The summed E-state index contributed by atoms with van der Waals surface area (Å²) in [6.07, 6.45) is -3.04. The molecule has 14 aliphatic rings. The van der Waals surface area contributed by atoms with Crippen LogP contribution in [0.1, 0.15) is 178 Å². The van der Waals surface area contributed by atoms with Crippen LogP contribution in [-0.2, 0) is 43.4 Å². The van der Waals surface area contributed by atoms with E-state index in [-0.39, 0.29) is 121 Å². The van der Waals surface area contributed by atoms with Gasteiger partial charge in [-0.25, -0.2) is 0 Å². The second kappa shape index (κ2) is 27.5. The molecule has 0 unspecified atom stereocenters. The van der Waals surface area contributed by atoms with E-state index in [2.05, 4.69) is 62.0 Å². The zero-order valence-corrected chi connectivity index (χ0v) is 60.1. The summed E-state index contributed by atoms with van der Waals surface area (Å²) >= 11 is 0. The maximum absolute atomic E-state index is 16.0. The molecular weight excluding hydrogens is 1370 g/mol. The van der Waals surface area contributed by atoms with Crippen LogP contribution >= 0.6 is 0 Å². The van der Waals surface area contributed by atoms with Crippen molar-refractivity contribution in [1.82, 2.24) is 31.9 Å². The first kappa shape index (κ1) is 71.2. The molecule has 25 heteroatoms. The maximum Gasteiger partial charge on any atom is 0.242 e. The van der Waals surface area contributed by atoms with Crippen LogP contribution in [0.15, 0.2) is 94.9 Å². The smallest absolute Gasteiger partial charge is 0.242 e. The van der Waals surface area contributed by atoms with Gasteiger partial charge in [-0.15, -0.1) is 0 Å². The lowest BCUT2D eigenvalue weighted by atomic mass is 9.52. The first-order chi connectivity index (χ1) is 51.9. The van der Waals surface area contributed by atoms with Crippen LogP contribution < -0.4 is 57.7 Å². The van der Waals surface area contributed by atoms with Crippen molar-refractivity contribution in [2.45, 2.75) is 212 Å². The van der Waals surface area contributed by atoms with E-state index in [1.807, 2.05) is 36.2 Å². The van der Waals surface area contributed by atoms with Gasteiger partial charge < -0.3 is 96.1 Å². The molecule has 0 aromatic heterocycles. The summed E-state index contributed by atoms with van der Waals surface area (Å²) in [5.41, 5.74) is 17.1. The highest BCUT2D eigenvalue weighted by molar-refractivity contribution is 6.29. The molecule has 2 spiro atoms. The fraction of sp³-hybridized carbons (Fsp3) is 0.561. The zero-order valence-electron chi connectivity index (χ0n) is 60.1. The van der Waals surface area contributed by atoms with Crippen molar-refractivity contribution >= 4 is 29.4 Å². The van der Waals surface area contributed by atoms with Crippen molar-refractivity contribution in [2.75, 3.05) is 51.6 Å². The van der Waals surface area contributed by atoms with Crippen molar-refractivity contribution in [3.63, 3.8) is 0 Å². The number of fused-ring (bicyclic) bond motifs is 16. The molecule has 107 heavy (non-hydrogen) atoms. The minimum Gasteiger partial charge on any atom is -0.486 e. The summed E-state index contributed by atoms with van der Waals surface area (Å²) < 4.78 is 38.0. The number of aldehydes is 1. The number of nitrogens with two attached hydrogens (primary N) is 2. The van der Waals surface area contributed by atoms with E-state index in [4.69, 9.17) is 35.2 Å². The largest absolute Gasteiger partial charge is 0.486 e. The van der Waals surface area contributed by atoms with Crippen molar-refractivity contribution in [2.24, 2.45) is 40.6 Å². The van der Waals surface area contributed by atoms with Crippen LogP contribution in [0.3, 0.4) is 0 Å². The number of benzene rings is 4. The SMILES string of the molecule is CNCc1cc2cc3c1[C@H]1CC[C@H]4C[C@@H]5CCC[C@H]5N[C@@H]5C6=C(N)NCC=C6[C@](CO[C@@H]6[C@H]7Oc8c(cc9c(c8OC[C@H](O)CC=O)C(=O)c8cc(CO)ccc8C9=O)[C@@H](c8ccccc8N8CN[C@H]9C(=O)N[C@@H](N)N[C@@H]98)[C@H]8CC[C@@H](O)[C@H](C#C[C@@](O)([C@H]6O)[C@@H](O7)C6(CCCC6)OC8)C2)(C1=C45)[C@H](O)[C@H]3CCO. The molecule has 18 rings (SSSR count). The van der Waals surface area contributed by atoms with Crippen LogP contribution in [0.4, 0.5) is 5.69 Å². The zero-order chi connectivity index (χ0) is 73.7. The molecule has 2 saturated carbocycles. The molecular formula is C82H97N9O16. The molecule has 8 aliphatic heterocycles. The number of nitrogens with one attached hydrogen (secondary N) is 6. The van der Waals surface area contributed by atoms with Crippen molar-refractivity contribution in [1.29, 1.82) is 0 Å². The number of hydrogen-bond acceptors (Lipinski definition) is 24. The minimum atomic E-state index is -2.62. The van der Waals surface area contributed by atoms with Crippen molar-refractivity contribution in [3.05, 3.63) is 156 Å². The summed E-state index contributed by atoms with van der Waals surface area (Å²) in [4.78, 5) is 60.2. The van der Waals surface area contributed by atoms with Crippen molar-refractivity contribution < 1.29 is 78.6 Å². The summed E-state index contributed by atoms with van der Waals surface area (Å²) in [5, 5.41) is 112. The number of ketones is 2. The molecule has 566 valence electrons.